The van der Waals surface area contributed by atoms with Crippen LogP contribution in [-0.4, -0.2) is 29.7 Å². The number of aliphatic hydroxyl groups is 1. The molecular weight excluding hydrogens is 192 g/mol. The Morgan fingerprint density at radius 1 is 1.67 bits per heavy atom. The van der Waals surface area contributed by atoms with Gasteiger partial charge in [0.25, 0.3) is 0 Å². The largest absolute Gasteiger partial charge is 0.395 e. The average molecular weight is 208 g/mol. The van der Waals surface area contributed by atoms with Crippen molar-refractivity contribution in [3.8, 4) is 0 Å². The number of amides is 1. The molecule has 1 aliphatic carbocycles. The van der Waals surface area contributed by atoms with E-state index in [-0.39, 0.29) is 12.5 Å². The fraction of sp³-hybridized carbons (Fsp3) is 0.545. The molecule has 1 amide bonds. The van der Waals surface area contributed by atoms with E-state index in [4.69, 9.17) is 0 Å². The Balaban J connectivity index is 2.14. The number of hydrogen-bond acceptors (Lipinski definition) is 2. The van der Waals surface area contributed by atoms with Gasteiger partial charge in [0.2, 0.25) is 5.91 Å². The number of aromatic nitrogens is 1. The maximum atomic E-state index is 12.1. The quantitative estimate of drug-likeness (QED) is 0.782. The van der Waals surface area contributed by atoms with Crippen molar-refractivity contribution in [2.45, 2.75) is 19.3 Å². The van der Waals surface area contributed by atoms with Gasteiger partial charge in [-0.1, -0.05) is 6.42 Å². The summed E-state index contributed by atoms with van der Waals surface area (Å²) in [4.78, 5) is 16.7. The minimum atomic E-state index is -0.514. The van der Waals surface area contributed by atoms with Crippen molar-refractivity contribution in [2.24, 2.45) is 5.41 Å². The molecular formula is C11H16N2O2. The third kappa shape index (κ3) is 1.55. The molecule has 0 spiro atoms. The highest BCUT2D eigenvalue weighted by Crippen LogP contribution is 2.42. The van der Waals surface area contributed by atoms with E-state index in [9.17, 15) is 9.90 Å². The van der Waals surface area contributed by atoms with Crippen molar-refractivity contribution in [3.63, 3.8) is 0 Å². The molecule has 4 nitrogen and oxygen atoms in total. The zero-order valence-corrected chi connectivity index (χ0v) is 8.86. The Labute approximate surface area is 88.9 Å². The molecule has 1 saturated carbocycles. The number of hydrogen-bond donors (Lipinski definition) is 2. The summed E-state index contributed by atoms with van der Waals surface area (Å²) in [6.07, 6.45) is 4.41. The minimum Gasteiger partial charge on any atom is -0.395 e. The normalized spacial score (nSPS) is 18.3. The maximum absolute atomic E-state index is 12.1. The zero-order chi connectivity index (χ0) is 10.9. The molecule has 2 N–H and O–H groups in total. The molecule has 1 aliphatic rings. The molecule has 0 saturated heterocycles. The molecule has 82 valence electrons. The lowest BCUT2D eigenvalue weighted by atomic mass is 9.68. The van der Waals surface area contributed by atoms with E-state index >= 15 is 0 Å². The first kappa shape index (κ1) is 10.2. The van der Waals surface area contributed by atoms with E-state index < -0.39 is 5.41 Å². The van der Waals surface area contributed by atoms with E-state index in [1.807, 2.05) is 12.1 Å². The Morgan fingerprint density at radius 2 is 2.40 bits per heavy atom. The summed E-state index contributed by atoms with van der Waals surface area (Å²) in [5.74, 6) is 0.790. The lowest BCUT2D eigenvalue weighted by Crippen LogP contribution is -2.49. The number of nitrogens with zero attached hydrogens (tertiary/aromatic N) is 1. The number of carbonyl (C=O) groups excluding carboxylic acids is 1. The van der Waals surface area contributed by atoms with Gasteiger partial charge in [-0.2, -0.15) is 0 Å². The molecule has 0 aromatic carbocycles. The molecule has 1 aromatic rings. The number of aromatic amines is 1. The predicted molar refractivity (Wildman–Crippen MR) is 57.6 cm³/mol. The second-order valence-electron chi connectivity index (χ2n) is 4.21. The first-order valence-corrected chi connectivity index (χ1v) is 5.22. The van der Waals surface area contributed by atoms with Crippen molar-refractivity contribution >= 4 is 11.7 Å². The third-order valence-electron chi connectivity index (χ3n) is 3.31. The summed E-state index contributed by atoms with van der Waals surface area (Å²) >= 11 is 0. The molecule has 0 atom stereocenters. The Bertz CT molecular complexity index is 336. The highest BCUT2D eigenvalue weighted by Gasteiger charge is 2.45. The van der Waals surface area contributed by atoms with Gasteiger partial charge in [-0.15, -0.1) is 0 Å². The van der Waals surface area contributed by atoms with Crippen LogP contribution in [0.1, 0.15) is 19.3 Å². The number of rotatable bonds is 3. The number of H-pyrrole nitrogens is 1. The summed E-state index contributed by atoms with van der Waals surface area (Å²) in [7, 11) is 1.74. The zero-order valence-electron chi connectivity index (χ0n) is 8.86. The third-order valence-corrected chi connectivity index (χ3v) is 3.31. The monoisotopic (exact) mass is 208 g/mol. The molecule has 0 aliphatic heterocycles. The van der Waals surface area contributed by atoms with Gasteiger partial charge in [-0.05, 0) is 25.0 Å². The standard InChI is InChI=1S/C11H16N2O2/c1-13(9-4-2-7-12-9)10(15)11(8-14)5-3-6-11/h2,4,7,12,14H,3,5-6,8H2,1H3. The van der Waals surface area contributed by atoms with E-state index in [1.54, 1.807) is 18.1 Å². The van der Waals surface area contributed by atoms with Crippen LogP contribution >= 0.6 is 0 Å². The van der Waals surface area contributed by atoms with Gasteiger partial charge >= 0.3 is 0 Å². The molecule has 15 heavy (non-hydrogen) atoms. The van der Waals surface area contributed by atoms with Crippen LogP contribution in [0.5, 0.6) is 0 Å². The van der Waals surface area contributed by atoms with Crippen LogP contribution in [0, 0.1) is 5.41 Å². The smallest absolute Gasteiger partial charge is 0.236 e. The SMILES string of the molecule is CN(C(=O)C1(CO)CCC1)c1ccc[nH]1. The van der Waals surface area contributed by atoms with Crippen LogP contribution in [0.15, 0.2) is 18.3 Å². The Morgan fingerprint density at radius 3 is 2.80 bits per heavy atom. The molecule has 0 radical (unpaired) electrons. The first-order valence-electron chi connectivity index (χ1n) is 5.22. The second-order valence-corrected chi connectivity index (χ2v) is 4.21. The fourth-order valence-electron chi connectivity index (χ4n) is 2.04. The molecule has 2 rings (SSSR count). The van der Waals surface area contributed by atoms with Crippen molar-refractivity contribution in [3.05, 3.63) is 18.3 Å². The second kappa shape index (κ2) is 3.70. The van der Waals surface area contributed by atoms with Gasteiger partial charge in [0, 0.05) is 13.2 Å². The van der Waals surface area contributed by atoms with Gasteiger partial charge in [0.05, 0.1) is 12.0 Å². The van der Waals surface area contributed by atoms with Gasteiger partial charge in [-0.3, -0.25) is 4.79 Å². The topological polar surface area (TPSA) is 56.3 Å². The summed E-state index contributed by atoms with van der Waals surface area (Å²) in [6.45, 7) is -0.0448. The molecule has 1 aromatic heterocycles. The van der Waals surface area contributed by atoms with E-state index in [2.05, 4.69) is 4.98 Å². The van der Waals surface area contributed by atoms with Gasteiger partial charge in [-0.25, -0.2) is 0 Å². The van der Waals surface area contributed by atoms with Crippen molar-refractivity contribution in [1.29, 1.82) is 0 Å². The first-order chi connectivity index (χ1) is 7.19. The molecule has 1 fully saturated rings. The van der Waals surface area contributed by atoms with Gasteiger partial charge < -0.3 is 15.0 Å². The van der Waals surface area contributed by atoms with Crippen molar-refractivity contribution in [1.82, 2.24) is 4.98 Å². The van der Waals surface area contributed by atoms with Crippen LogP contribution in [-0.2, 0) is 4.79 Å². The summed E-state index contributed by atoms with van der Waals surface area (Å²) in [6, 6.07) is 3.70. The number of nitrogens with one attached hydrogen (secondary N) is 1. The van der Waals surface area contributed by atoms with Crippen LogP contribution in [0.2, 0.25) is 0 Å². The number of aliphatic hydroxyl groups excluding tert-OH is 1. The minimum absolute atomic E-state index is 0.0127. The lowest BCUT2D eigenvalue weighted by Gasteiger charge is -2.40. The Hall–Kier alpha value is -1.29. The summed E-state index contributed by atoms with van der Waals surface area (Å²) in [5.41, 5.74) is -0.514. The van der Waals surface area contributed by atoms with E-state index in [0.717, 1.165) is 25.1 Å². The van der Waals surface area contributed by atoms with Crippen LogP contribution in [0.3, 0.4) is 0 Å². The number of anilines is 1. The van der Waals surface area contributed by atoms with Gasteiger partial charge in [0.1, 0.15) is 5.82 Å². The summed E-state index contributed by atoms with van der Waals surface area (Å²) in [5, 5.41) is 9.30. The maximum Gasteiger partial charge on any atom is 0.236 e. The molecule has 0 bridgehead atoms. The highest BCUT2D eigenvalue weighted by atomic mass is 16.3. The van der Waals surface area contributed by atoms with Crippen LogP contribution in [0.25, 0.3) is 0 Å². The molecule has 0 unspecified atom stereocenters. The fourth-order valence-corrected chi connectivity index (χ4v) is 2.04. The van der Waals surface area contributed by atoms with Crippen molar-refractivity contribution in [2.75, 3.05) is 18.6 Å². The van der Waals surface area contributed by atoms with Gasteiger partial charge in [0.15, 0.2) is 0 Å². The summed E-state index contributed by atoms with van der Waals surface area (Å²) < 4.78 is 0. The predicted octanol–water partition coefficient (Wildman–Crippen LogP) is 1.14. The Kier molecular flexibility index (Phi) is 2.52. The molecule has 1 heterocycles. The number of carbonyl (C=O) groups is 1. The highest BCUT2D eigenvalue weighted by molar-refractivity contribution is 5.97. The average Bonchev–Trinajstić information content (AvgIpc) is 2.68. The van der Waals surface area contributed by atoms with E-state index in [0.29, 0.717) is 0 Å². The van der Waals surface area contributed by atoms with Crippen LogP contribution in [0.4, 0.5) is 5.82 Å². The lowest BCUT2D eigenvalue weighted by molar-refractivity contribution is -0.136. The van der Waals surface area contributed by atoms with Crippen molar-refractivity contribution < 1.29 is 9.90 Å². The van der Waals surface area contributed by atoms with E-state index in [1.165, 1.54) is 0 Å². The van der Waals surface area contributed by atoms with Crippen LogP contribution < -0.4 is 4.90 Å². The molecule has 4 heteroatoms.